The lowest BCUT2D eigenvalue weighted by Crippen LogP contribution is -2.46. The monoisotopic (exact) mass is 288 g/mol. The van der Waals surface area contributed by atoms with Crippen molar-refractivity contribution in [3.8, 4) is 0 Å². The lowest BCUT2D eigenvalue weighted by molar-refractivity contribution is -0.0672. The van der Waals surface area contributed by atoms with Gasteiger partial charge in [0.05, 0.1) is 29.5 Å². The standard InChI is InChI=1S/C11H17BrN2O2/c1-13-7-9-10(14(2)4-6-15-9)11-8(12)3-5-16-11/h3,5,9-10,13H,4,6-7H2,1-2H3. The van der Waals surface area contributed by atoms with E-state index in [4.69, 9.17) is 9.15 Å². The average molecular weight is 289 g/mol. The Balaban J connectivity index is 2.22. The molecule has 1 aliphatic heterocycles. The summed E-state index contributed by atoms with van der Waals surface area (Å²) in [7, 11) is 4.04. The molecule has 2 heterocycles. The third-order valence-electron chi connectivity index (χ3n) is 2.92. The Bertz CT molecular complexity index is 340. The Morgan fingerprint density at radius 1 is 1.62 bits per heavy atom. The van der Waals surface area contributed by atoms with E-state index in [1.165, 1.54) is 0 Å². The Morgan fingerprint density at radius 3 is 3.06 bits per heavy atom. The summed E-state index contributed by atoms with van der Waals surface area (Å²) in [5.74, 6) is 0.947. The predicted octanol–water partition coefficient (Wildman–Crippen LogP) is 1.63. The van der Waals surface area contributed by atoms with Crippen molar-refractivity contribution in [2.45, 2.75) is 12.1 Å². The summed E-state index contributed by atoms with van der Waals surface area (Å²) in [5.41, 5.74) is 0. The molecule has 2 atom stereocenters. The summed E-state index contributed by atoms with van der Waals surface area (Å²) < 4.78 is 12.4. The average Bonchev–Trinajstić information content (AvgIpc) is 2.65. The smallest absolute Gasteiger partial charge is 0.137 e. The number of likely N-dealkylation sites (N-methyl/N-ethyl adjacent to an activating group) is 2. The maximum absolute atomic E-state index is 5.80. The van der Waals surface area contributed by atoms with Crippen LogP contribution in [0.2, 0.25) is 0 Å². The van der Waals surface area contributed by atoms with E-state index < -0.39 is 0 Å². The van der Waals surface area contributed by atoms with Crippen LogP contribution in [-0.4, -0.2) is 44.8 Å². The predicted molar refractivity (Wildman–Crippen MR) is 65.4 cm³/mol. The second-order valence-electron chi connectivity index (χ2n) is 4.03. The molecule has 1 aliphatic rings. The number of furan rings is 1. The Labute approximate surface area is 104 Å². The fourth-order valence-electron chi connectivity index (χ4n) is 2.12. The van der Waals surface area contributed by atoms with Gasteiger partial charge in [-0.15, -0.1) is 0 Å². The molecular formula is C11H17BrN2O2. The summed E-state index contributed by atoms with van der Waals surface area (Å²) >= 11 is 3.51. The molecule has 5 heteroatoms. The lowest BCUT2D eigenvalue weighted by Gasteiger charge is -2.38. The number of ether oxygens (including phenoxy) is 1. The highest BCUT2D eigenvalue weighted by molar-refractivity contribution is 9.10. The second-order valence-corrected chi connectivity index (χ2v) is 4.88. The number of halogens is 1. The fraction of sp³-hybridized carbons (Fsp3) is 0.636. The van der Waals surface area contributed by atoms with Gasteiger partial charge in [0.1, 0.15) is 5.76 Å². The van der Waals surface area contributed by atoms with E-state index in [1.807, 2.05) is 13.1 Å². The van der Waals surface area contributed by atoms with Gasteiger partial charge in [0.2, 0.25) is 0 Å². The molecule has 0 aliphatic carbocycles. The van der Waals surface area contributed by atoms with Crippen LogP contribution < -0.4 is 5.32 Å². The number of hydrogen-bond acceptors (Lipinski definition) is 4. The number of rotatable bonds is 3. The highest BCUT2D eigenvalue weighted by atomic mass is 79.9. The van der Waals surface area contributed by atoms with E-state index >= 15 is 0 Å². The van der Waals surface area contributed by atoms with Gasteiger partial charge in [0.25, 0.3) is 0 Å². The summed E-state index contributed by atoms with van der Waals surface area (Å²) in [4.78, 5) is 2.27. The minimum absolute atomic E-state index is 0.131. The molecule has 90 valence electrons. The molecule has 1 aromatic heterocycles. The summed E-state index contributed by atoms with van der Waals surface area (Å²) in [6.45, 7) is 2.53. The molecule has 0 bridgehead atoms. The van der Waals surface area contributed by atoms with Crippen LogP contribution in [0.1, 0.15) is 11.8 Å². The number of morpholine rings is 1. The van der Waals surface area contributed by atoms with Crippen LogP contribution in [0.4, 0.5) is 0 Å². The van der Waals surface area contributed by atoms with E-state index in [0.717, 1.165) is 29.9 Å². The number of hydrogen-bond donors (Lipinski definition) is 1. The molecule has 2 unspecified atom stereocenters. The maximum atomic E-state index is 5.80. The van der Waals surface area contributed by atoms with Crippen LogP contribution in [0.25, 0.3) is 0 Å². The number of nitrogens with one attached hydrogen (secondary N) is 1. The molecule has 1 fully saturated rings. The molecule has 0 spiro atoms. The van der Waals surface area contributed by atoms with Gasteiger partial charge in [-0.05, 0) is 36.1 Å². The minimum Gasteiger partial charge on any atom is -0.466 e. The van der Waals surface area contributed by atoms with E-state index in [2.05, 4.69) is 33.2 Å². The van der Waals surface area contributed by atoms with E-state index in [-0.39, 0.29) is 12.1 Å². The SMILES string of the molecule is CNCC1OCCN(C)C1c1occc1Br. The van der Waals surface area contributed by atoms with Crippen LogP contribution in [0.15, 0.2) is 21.2 Å². The Morgan fingerprint density at radius 2 is 2.44 bits per heavy atom. The molecule has 0 amide bonds. The molecule has 1 N–H and O–H groups in total. The third kappa shape index (κ3) is 2.32. The maximum Gasteiger partial charge on any atom is 0.137 e. The molecule has 1 aromatic rings. The van der Waals surface area contributed by atoms with Crippen LogP contribution in [0, 0.1) is 0 Å². The van der Waals surface area contributed by atoms with Crippen molar-refractivity contribution in [2.24, 2.45) is 0 Å². The molecule has 2 rings (SSSR count). The van der Waals surface area contributed by atoms with Gasteiger partial charge in [-0.3, -0.25) is 4.90 Å². The molecular weight excluding hydrogens is 272 g/mol. The first-order chi connectivity index (χ1) is 7.74. The fourth-order valence-corrected chi connectivity index (χ4v) is 2.56. The van der Waals surface area contributed by atoms with Gasteiger partial charge in [0, 0.05) is 13.1 Å². The first-order valence-electron chi connectivity index (χ1n) is 5.43. The van der Waals surface area contributed by atoms with Crippen LogP contribution in [0.3, 0.4) is 0 Å². The van der Waals surface area contributed by atoms with Crippen LogP contribution >= 0.6 is 15.9 Å². The summed E-state index contributed by atoms with van der Waals surface area (Å²) in [6, 6.07) is 2.10. The topological polar surface area (TPSA) is 37.6 Å². The molecule has 4 nitrogen and oxygen atoms in total. The quantitative estimate of drug-likeness (QED) is 0.918. The van der Waals surface area contributed by atoms with Gasteiger partial charge in [-0.25, -0.2) is 0 Å². The van der Waals surface area contributed by atoms with E-state index in [0.29, 0.717) is 0 Å². The van der Waals surface area contributed by atoms with Crippen molar-refractivity contribution >= 4 is 15.9 Å². The molecule has 1 saturated heterocycles. The molecule has 0 saturated carbocycles. The Hall–Kier alpha value is -0.360. The molecule has 0 aromatic carbocycles. The van der Waals surface area contributed by atoms with Gasteiger partial charge in [-0.1, -0.05) is 0 Å². The number of nitrogens with zero attached hydrogens (tertiary/aromatic N) is 1. The van der Waals surface area contributed by atoms with Gasteiger partial charge in [0.15, 0.2) is 0 Å². The van der Waals surface area contributed by atoms with Crippen molar-refractivity contribution in [1.29, 1.82) is 0 Å². The van der Waals surface area contributed by atoms with Crippen molar-refractivity contribution < 1.29 is 9.15 Å². The zero-order chi connectivity index (χ0) is 11.5. The van der Waals surface area contributed by atoms with Gasteiger partial charge in [-0.2, -0.15) is 0 Å². The van der Waals surface area contributed by atoms with Crippen LogP contribution in [-0.2, 0) is 4.74 Å². The zero-order valence-corrected chi connectivity index (χ0v) is 11.2. The second kappa shape index (κ2) is 5.31. The van der Waals surface area contributed by atoms with Crippen molar-refractivity contribution in [3.05, 3.63) is 22.6 Å². The zero-order valence-electron chi connectivity index (χ0n) is 9.57. The first kappa shape index (κ1) is 12.1. The molecule has 16 heavy (non-hydrogen) atoms. The van der Waals surface area contributed by atoms with Crippen molar-refractivity contribution in [3.63, 3.8) is 0 Å². The summed E-state index contributed by atoms with van der Waals surface area (Å²) in [5, 5.41) is 3.16. The first-order valence-corrected chi connectivity index (χ1v) is 6.22. The minimum atomic E-state index is 0.131. The Kier molecular flexibility index (Phi) is 4.02. The van der Waals surface area contributed by atoms with E-state index in [9.17, 15) is 0 Å². The molecule has 0 radical (unpaired) electrons. The highest BCUT2D eigenvalue weighted by Crippen LogP contribution is 2.33. The van der Waals surface area contributed by atoms with Gasteiger partial charge >= 0.3 is 0 Å². The lowest BCUT2D eigenvalue weighted by atomic mass is 10.1. The third-order valence-corrected chi connectivity index (χ3v) is 3.58. The van der Waals surface area contributed by atoms with Crippen LogP contribution in [0.5, 0.6) is 0 Å². The normalized spacial score (nSPS) is 27.2. The van der Waals surface area contributed by atoms with Crippen molar-refractivity contribution in [2.75, 3.05) is 33.8 Å². The van der Waals surface area contributed by atoms with Crippen molar-refractivity contribution in [1.82, 2.24) is 10.2 Å². The largest absolute Gasteiger partial charge is 0.466 e. The van der Waals surface area contributed by atoms with Gasteiger partial charge < -0.3 is 14.5 Å². The van der Waals surface area contributed by atoms with E-state index in [1.54, 1.807) is 6.26 Å². The highest BCUT2D eigenvalue weighted by Gasteiger charge is 2.34. The summed E-state index contributed by atoms with van der Waals surface area (Å²) in [6.07, 6.45) is 1.84.